The largest absolute Gasteiger partial charge is 0.378 e. The predicted molar refractivity (Wildman–Crippen MR) is 124 cm³/mol. The average molecular weight is 495 g/mol. The molecule has 3 rings (SSSR count). The van der Waals surface area contributed by atoms with Crippen molar-refractivity contribution in [1.82, 2.24) is 10.3 Å². The number of nitrogens with zero attached hydrogens (tertiary/aromatic N) is 2. The van der Waals surface area contributed by atoms with Crippen molar-refractivity contribution in [2.24, 2.45) is 0 Å². The van der Waals surface area contributed by atoms with Gasteiger partial charge in [0.2, 0.25) is 0 Å². The first-order valence-corrected chi connectivity index (χ1v) is 12.4. The number of thiazole rings is 1. The van der Waals surface area contributed by atoms with Gasteiger partial charge >= 0.3 is 0 Å². The van der Waals surface area contributed by atoms with E-state index < -0.39 is 14.8 Å². The number of hydrogen-bond donors (Lipinski definition) is 2. The molecule has 0 saturated heterocycles. The Labute approximate surface area is 193 Å². The summed E-state index contributed by atoms with van der Waals surface area (Å²) in [6.07, 6.45) is 0.981. The van der Waals surface area contributed by atoms with E-state index in [1.54, 1.807) is 19.1 Å². The lowest BCUT2D eigenvalue weighted by molar-refractivity contribution is -0.384. The number of carbonyl (C=O) groups excluding carboxylic acids is 1. The first-order chi connectivity index (χ1) is 15.1. The minimum Gasteiger partial charge on any atom is -0.378 e. The SMILES string of the molecule is Cc1nc(-c2ccc(Cl)cc2)sc1C(=O)NCCNc1ccc(S(C)(=O)=O)cc1[N+](=O)[O-]. The molecular weight excluding hydrogens is 476 g/mol. The molecule has 0 aliphatic carbocycles. The van der Waals surface area contributed by atoms with Gasteiger partial charge in [-0.2, -0.15) is 0 Å². The highest BCUT2D eigenvalue weighted by Crippen LogP contribution is 2.29. The third kappa shape index (κ3) is 5.61. The number of nitro benzene ring substituents is 1. The van der Waals surface area contributed by atoms with Crippen molar-refractivity contribution in [3.05, 3.63) is 68.2 Å². The molecule has 1 aromatic heterocycles. The van der Waals surface area contributed by atoms with Gasteiger partial charge in [0.25, 0.3) is 11.6 Å². The number of anilines is 1. The van der Waals surface area contributed by atoms with E-state index in [9.17, 15) is 23.3 Å². The van der Waals surface area contributed by atoms with Gasteiger partial charge in [-0.1, -0.05) is 23.7 Å². The van der Waals surface area contributed by atoms with Crippen LogP contribution in [0.5, 0.6) is 0 Å². The summed E-state index contributed by atoms with van der Waals surface area (Å²) in [5.74, 6) is -0.302. The molecule has 3 aromatic rings. The molecule has 0 radical (unpaired) electrons. The van der Waals surface area contributed by atoms with Gasteiger partial charge in [0.15, 0.2) is 9.84 Å². The summed E-state index contributed by atoms with van der Waals surface area (Å²) in [6, 6.07) is 10.8. The normalized spacial score (nSPS) is 11.2. The number of benzene rings is 2. The Bertz CT molecular complexity index is 1270. The number of carbonyl (C=O) groups is 1. The van der Waals surface area contributed by atoms with Gasteiger partial charge in [-0.05, 0) is 31.2 Å². The van der Waals surface area contributed by atoms with E-state index in [1.807, 2.05) is 12.1 Å². The van der Waals surface area contributed by atoms with Crippen LogP contribution in [0.15, 0.2) is 47.4 Å². The minimum absolute atomic E-state index is 0.139. The molecule has 2 N–H and O–H groups in total. The molecule has 168 valence electrons. The molecule has 0 aliphatic rings. The van der Waals surface area contributed by atoms with E-state index in [0.717, 1.165) is 17.9 Å². The van der Waals surface area contributed by atoms with Crippen LogP contribution < -0.4 is 10.6 Å². The minimum atomic E-state index is -3.57. The van der Waals surface area contributed by atoms with Gasteiger partial charge in [-0.3, -0.25) is 14.9 Å². The van der Waals surface area contributed by atoms with Gasteiger partial charge < -0.3 is 10.6 Å². The number of hydrogen-bond acceptors (Lipinski definition) is 8. The second-order valence-electron chi connectivity index (χ2n) is 6.83. The van der Waals surface area contributed by atoms with E-state index in [4.69, 9.17) is 11.6 Å². The van der Waals surface area contributed by atoms with Crippen molar-refractivity contribution < 1.29 is 18.1 Å². The van der Waals surface area contributed by atoms with Crippen LogP contribution in [0.2, 0.25) is 5.02 Å². The smallest absolute Gasteiger partial charge is 0.293 e. The fourth-order valence-electron chi connectivity index (χ4n) is 2.82. The van der Waals surface area contributed by atoms with Crippen molar-refractivity contribution in [3.8, 4) is 10.6 Å². The van der Waals surface area contributed by atoms with Gasteiger partial charge in [-0.25, -0.2) is 13.4 Å². The van der Waals surface area contributed by atoms with Crippen LogP contribution in [0, 0.1) is 17.0 Å². The maximum atomic E-state index is 12.5. The summed E-state index contributed by atoms with van der Waals surface area (Å²) < 4.78 is 23.2. The van der Waals surface area contributed by atoms with Gasteiger partial charge in [0, 0.05) is 36.0 Å². The maximum absolute atomic E-state index is 12.5. The molecule has 0 aliphatic heterocycles. The lowest BCUT2D eigenvalue weighted by Gasteiger charge is -2.09. The molecule has 0 spiro atoms. The zero-order valence-corrected chi connectivity index (χ0v) is 19.5. The van der Waals surface area contributed by atoms with Gasteiger partial charge in [-0.15, -0.1) is 11.3 Å². The highest BCUT2D eigenvalue weighted by molar-refractivity contribution is 7.90. The highest BCUT2D eigenvalue weighted by Gasteiger charge is 2.19. The predicted octanol–water partition coefficient (Wildman–Crippen LogP) is 3.93. The molecule has 12 heteroatoms. The zero-order valence-electron chi connectivity index (χ0n) is 17.1. The van der Waals surface area contributed by atoms with E-state index in [1.165, 1.54) is 23.5 Å². The van der Waals surface area contributed by atoms with E-state index >= 15 is 0 Å². The van der Waals surface area contributed by atoms with Crippen LogP contribution in [0.3, 0.4) is 0 Å². The number of amides is 1. The molecule has 1 amide bonds. The number of rotatable bonds is 8. The van der Waals surface area contributed by atoms with Crippen molar-refractivity contribution in [3.63, 3.8) is 0 Å². The van der Waals surface area contributed by atoms with Crippen molar-refractivity contribution in [1.29, 1.82) is 0 Å². The number of halogens is 1. The summed E-state index contributed by atoms with van der Waals surface area (Å²) in [5.41, 5.74) is 1.26. The van der Waals surface area contributed by atoms with Crippen LogP contribution in [-0.4, -0.2) is 43.6 Å². The van der Waals surface area contributed by atoms with Crippen LogP contribution >= 0.6 is 22.9 Å². The molecule has 32 heavy (non-hydrogen) atoms. The van der Waals surface area contributed by atoms with Crippen molar-refractivity contribution >= 4 is 50.1 Å². The molecule has 9 nitrogen and oxygen atoms in total. The van der Waals surface area contributed by atoms with E-state index in [0.29, 0.717) is 20.6 Å². The Balaban J connectivity index is 1.62. The van der Waals surface area contributed by atoms with Crippen molar-refractivity contribution in [2.75, 3.05) is 24.7 Å². The summed E-state index contributed by atoms with van der Waals surface area (Å²) in [5, 5.41) is 18.2. The number of nitro groups is 1. The number of aromatic nitrogens is 1. The van der Waals surface area contributed by atoms with Crippen LogP contribution in [0.1, 0.15) is 15.4 Å². The quantitative estimate of drug-likeness (QED) is 0.275. The first-order valence-electron chi connectivity index (χ1n) is 9.30. The standard InChI is InChI=1S/C20H19ClN4O5S2/c1-12-18(31-20(24-12)13-3-5-14(21)6-4-13)19(26)23-10-9-22-16-8-7-15(32(2,29)30)11-17(16)25(27)28/h3-8,11,22H,9-10H2,1-2H3,(H,23,26). The molecule has 0 atom stereocenters. The second kappa shape index (κ2) is 9.63. The number of nitrogens with one attached hydrogen (secondary N) is 2. The average Bonchev–Trinajstić information content (AvgIpc) is 3.12. The Morgan fingerprint density at radius 3 is 2.50 bits per heavy atom. The second-order valence-corrected chi connectivity index (χ2v) is 10.3. The monoisotopic (exact) mass is 494 g/mol. The van der Waals surface area contributed by atoms with Crippen LogP contribution in [0.4, 0.5) is 11.4 Å². The molecule has 0 bridgehead atoms. The Hall–Kier alpha value is -3.02. The molecular formula is C20H19ClN4O5S2. The first kappa shape index (κ1) is 23.6. The third-order valence-electron chi connectivity index (χ3n) is 4.41. The lowest BCUT2D eigenvalue weighted by atomic mass is 10.2. The van der Waals surface area contributed by atoms with Gasteiger partial charge in [0.1, 0.15) is 15.6 Å². The maximum Gasteiger partial charge on any atom is 0.293 e. The Kier molecular flexibility index (Phi) is 7.12. The summed E-state index contributed by atoms with van der Waals surface area (Å²) in [4.78, 5) is 27.9. The highest BCUT2D eigenvalue weighted by atomic mass is 35.5. The third-order valence-corrected chi connectivity index (χ3v) is 6.98. The molecule has 0 unspecified atom stereocenters. The summed E-state index contributed by atoms with van der Waals surface area (Å²) in [7, 11) is -3.57. The number of sulfone groups is 1. The van der Waals surface area contributed by atoms with E-state index in [2.05, 4.69) is 15.6 Å². The zero-order chi connectivity index (χ0) is 23.5. The summed E-state index contributed by atoms with van der Waals surface area (Å²) in [6.45, 7) is 2.14. The fraction of sp³-hybridized carbons (Fsp3) is 0.200. The summed E-state index contributed by atoms with van der Waals surface area (Å²) >= 11 is 7.16. The Morgan fingerprint density at radius 1 is 1.19 bits per heavy atom. The van der Waals surface area contributed by atoms with Crippen molar-refractivity contribution in [2.45, 2.75) is 11.8 Å². The molecule has 0 fully saturated rings. The Morgan fingerprint density at radius 2 is 1.88 bits per heavy atom. The van der Waals surface area contributed by atoms with E-state index in [-0.39, 0.29) is 35.3 Å². The molecule has 1 heterocycles. The van der Waals surface area contributed by atoms with Crippen LogP contribution in [-0.2, 0) is 9.84 Å². The topological polar surface area (TPSA) is 131 Å². The molecule has 0 saturated carbocycles. The van der Waals surface area contributed by atoms with Gasteiger partial charge in [0.05, 0.1) is 15.5 Å². The fourth-order valence-corrected chi connectivity index (χ4v) is 4.57. The lowest BCUT2D eigenvalue weighted by Crippen LogP contribution is -2.28. The molecule has 2 aromatic carbocycles. The number of aryl methyl sites for hydroxylation is 1. The van der Waals surface area contributed by atoms with Crippen LogP contribution in [0.25, 0.3) is 10.6 Å².